The number of piperidine rings is 1. The van der Waals surface area contributed by atoms with Crippen LogP contribution in [0.2, 0.25) is 0 Å². The fourth-order valence-corrected chi connectivity index (χ4v) is 4.33. The molecule has 25 heavy (non-hydrogen) atoms. The Labute approximate surface area is 157 Å². The Morgan fingerprint density at radius 1 is 1.16 bits per heavy atom. The van der Waals surface area contributed by atoms with Crippen LogP contribution in [0.3, 0.4) is 0 Å². The summed E-state index contributed by atoms with van der Waals surface area (Å²) >= 11 is 0. The van der Waals surface area contributed by atoms with Crippen molar-refractivity contribution in [2.24, 2.45) is 23.5 Å². The van der Waals surface area contributed by atoms with Crippen LogP contribution in [0.15, 0.2) is 24.3 Å². The number of carbonyl (C=O) groups excluding carboxylic acids is 1. The summed E-state index contributed by atoms with van der Waals surface area (Å²) in [5, 5.41) is 0. The summed E-state index contributed by atoms with van der Waals surface area (Å²) in [7, 11) is 1.70. The molecule has 1 saturated carbocycles. The molecule has 5 heteroatoms. The van der Waals surface area contributed by atoms with Crippen LogP contribution in [-0.4, -0.2) is 37.6 Å². The van der Waals surface area contributed by atoms with Crippen LogP contribution < -0.4 is 10.5 Å². The van der Waals surface area contributed by atoms with Crippen molar-refractivity contribution in [3.8, 4) is 5.75 Å². The Bertz CT molecular complexity index is 541. The van der Waals surface area contributed by atoms with Crippen molar-refractivity contribution < 1.29 is 9.53 Å². The molecule has 0 aromatic heterocycles. The van der Waals surface area contributed by atoms with E-state index in [9.17, 15) is 4.79 Å². The maximum atomic E-state index is 12.8. The Kier molecular flexibility index (Phi) is 7.57. The Morgan fingerprint density at radius 3 is 2.44 bits per heavy atom. The molecule has 0 spiro atoms. The highest BCUT2D eigenvalue weighted by molar-refractivity contribution is 5.85. The molecule has 1 aliphatic carbocycles. The Balaban J connectivity index is 0.00000225. The maximum Gasteiger partial charge on any atom is 0.226 e. The van der Waals surface area contributed by atoms with Gasteiger partial charge in [0.05, 0.1) is 7.11 Å². The molecule has 4 nitrogen and oxygen atoms in total. The second-order valence-corrected chi connectivity index (χ2v) is 7.35. The van der Waals surface area contributed by atoms with Crippen LogP contribution in [0.4, 0.5) is 0 Å². The summed E-state index contributed by atoms with van der Waals surface area (Å²) in [4.78, 5) is 14.9. The number of benzene rings is 1. The summed E-state index contributed by atoms with van der Waals surface area (Å²) < 4.78 is 5.21. The summed E-state index contributed by atoms with van der Waals surface area (Å²) in [5.41, 5.74) is 7.20. The average Bonchev–Trinajstić information content (AvgIpc) is 3.11. The zero-order valence-electron chi connectivity index (χ0n) is 15.2. The van der Waals surface area contributed by atoms with E-state index in [0.29, 0.717) is 24.3 Å². The van der Waals surface area contributed by atoms with Gasteiger partial charge in [0.1, 0.15) is 5.75 Å². The van der Waals surface area contributed by atoms with E-state index in [1.165, 1.54) is 5.56 Å². The first-order valence-electron chi connectivity index (χ1n) is 9.33. The minimum Gasteiger partial charge on any atom is -0.497 e. The van der Waals surface area contributed by atoms with E-state index < -0.39 is 0 Å². The predicted molar refractivity (Wildman–Crippen MR) is 103 cm³/mol. The number of likely N-dealkylation sites (tertiary alicyclic amines) is 1. The van der Waals surface area contributed by atoms with Gasteiger partial charge >= 0.3 is 0 Å². The van der Waals surface area contributed by atoms with Crippen LogP contribution in [-0.2, 0) is 11.2 Å². The van der Waals surface area contributed by atoms with E-state index in [0.717, 1.165) is 57.4 Å². The van der Waals surface area contributed by atoms with Crippen LogP contribution in [0, 0.1) is 17.8 Å². The zero-order valence-corrected chi connectivity index (χ0v) is 16.0. The lowest BCUT2D eigenvalue weighted by atomic mass is 9.88. The molecular formula is C20H31ClN2O2. The Morgan fingerprint density at radius 2 is 1.84 bits per heavy atom. The molecule has 140 valence electrons. The molecule has 1 aliphatic heterocycles. The van der Waals surface area contributed by atoms with E-state index in [1.807, 2.05) is 12.1 Å². The number of carbonyl (C=O) groups is 1. The van der Waals surface area contributed by atoms with E-state index in [-0.39, 0.29) is 18.3 Å². The molecule has 2 fully saturated rings. The van der Waals surface area contributed by atoms with E-state index >= 15 is 0 Å². The van der Waals surface area contributed by atoms with Crippen LogP contribution >= 0.6 is 12.4 Å². The average molecular weight is 367 g/mol. The second kappa shape index (κ2) is 9.44. The number of ether oxygens (including phenoxy) is 1. The number of hydrogen-bond acceptors (Lipinski definition) is 3. The SMILES string of the molecule is COc1ccc(CC2CCN(C(=O)[C@@H]3CCC[C@@H]3CN)CC2)cc1.Cl. The fraction of sp³-hybridized carbons (Fsp3) is 0.650. The van der Waals surface area contributed by atoms with Gasteiger partial charge in [0, 0.05) is 19.0 Å². The quantitative estimate of drug-likeness (QED) is 0.870. The molecule has 2 aliphatic rings. The molecule has 1 aromatic rings. The number of halogens is 1. The molecule has 2 atom stereocenters. The molecule has 3 rings (SSSR count). The largest absolute Gasteiger partial charge is 0.497 e. The number of nitrogens with two attached hydrogens (primary N) is 1. The monoisotopic (exact) mass is 366 g/mol. The molecule has 0 radical (unpaired) electrons. The normalized spacial score (nSPS) is 24.0. The Hall–Kier alpha value is -1.26. The highest BCUT2D eigenvalue weighted by Crippen LogP contribution is 2.33. The summed E-state index contributed by atoms with van der Waals surface area (Å²) in [6.07, 6.45) is 6.63. The third kappa shape index (κ3) is 4.89. The molecule has 2 N–H and O–H groups in total. The van der Waals surface area contributed by atoms with Crippen molar-refractivity contribution in [2.45, 2.75) is 38.5 Å². The zero-order chi connectivity index (χ0) is 16.9. The standard InChI is InChI=1S/C20H30N2O2.ClH/c1-24-18-7-5-15(6-8-18)13-16-9-11-22(12-10-16)20(23)19-4-2-3-17(19)14-21;/h5-8,16-17,19H,2-4,9-14,21H2,1H3;1H/t17-,19-;/m1./s1. The molecule has 1 saturated heterocycles. The number of nitrogens with zero attached hydrogens (tertiary/aromatic N) is 1. The molecule has 1 aromatic carbocycles. The minimum absolute atomic E-state index is 0. The molecule has 1 amide bonds. The summed E-state index contributed by atoms with van der Waals surface area (Å²) in [6, 6.07) is 8.36. The van der Waals surface area contributed by atoms with Crippen molar-refractivity contribution in [2.75, 3.05) is 26.7 Å². The van der Waals surface area contributed by atoms with E-state index in [4.69, 9.17) is 10.5 Å². The van der Waals surface area contributed by atoms with E-state index in [1.54, 1.807) is 7.11 Å². The van der Waals surface area contributed by atoms with Crippen LogP contribution in [0.25, 0.3) is 0 Å². The lowest BCUT2D eigenvalue weighted by Crippen LogP contribution is -2.43. The van der Waals surface area contributed by atoms with Gasteiger partial charge in [-0.2, -0.15) is 0 Å². The topological polar surface area (TPSA) is 55.6 Å². The van der Waals surface area contributed by atoms with E-state index in [2.05, 4.69) is 17.0 Å². The highest BCUT2D eigenvalue weighted by Gasteiger charge is 2.35. The first-order chi connectivity index (χ1) is 11.7. The van der Waals surface area contributed by atoms with Gasteiger partial charge in [0.15, 0.2) is 0 Å². The first kappa shape index (κ1) is 20.1. The smallest absolute Gasteiger partial charge is 0.226 e. The van der Waals surface area contributed by atoms with Crippen molar-refractivity contribution in [3.05, 3.63) is 29.8 Å². The van der Waals surface area contributed by atoms with Crippen LogP contribution in [0.5, 0.6) is 5.75 Å². The van der Waals surface area contributed by atoms with Gasteiger partial charge in [-0.1, -0.05) is 18.6 Å². The van der Waals surface area contributed by atoms with Crippen molar-refractivity contribution in [1.29, 1.82) is 0 Å². The third-order valence-corrected chi connectivity index (χ3v) is 5.89. The number of methoxy groups -OCH3 is 1. The van der Waals surface area contributed by atoms with Gasteiger partial charge in [-0.25, -0.2) is 0 Å². The number of hydrogen-bond donors (Lipinski definition) is 1. The summed E-state index contributed by atoms with van der Waals surface area (Å²) in [5.74, 6) is 2.55. The van der Waals surface area contributed by atoms with Gasteiger partial charge in [0.2, 0.25) is 5.91 Å². The summed E-state index contributed by atoms with van der Waals surface area (Å²) in [6.45, 7) is 2.48. The third-order valence-electron chi connectivity index (χ3n) is 5.89. The van der Waals surface area contributed by atoms with Crippen molar-refractivity contribution in [3.63, 3.8) is 0 Å². The van der Waals surface area contributed by atoms with Crippen molar-refractivity contribution >= 4 is 18.3 Å². The fourth-order valence-electron chi connectivity index (χ4n) is 4.33. The molecule has 0 unspecified atom stereocenters. The van der Waals surface area contributed by atoms with Crippen molar-refractivity contribution in [1.82, 2.24) is 4.90 Å². The highest BCUT2D eigenvalue weighted by atomic mass is 35.5. The number of rotatable bonds is 5. The van der Waals surface area contributed by atoms with Gasteiger partial charge in [-0.05, 0) is 68.2 Å². The first-order valence-corrected chi connectivity index (χ1v) is 9.33. The molecule has 0 bridgehead atoms. The second-order valence-electron chi connectivity index (χ2n) is 7.35. The molecule has 1 heterocycles. The molecular weight excluding hydrogens is 336 g/mol. The van der Waals surface area contributed by atoms with Gasteiger partial charge < -0.3 is 15.4 Å². The minimum atomic E-state index is 0. The van der Waals surface area contributed by atoms with Gasteiger partial charge in [-0.3, -0.25) is 4.79 Å². The lowest BCUT2D eigenvalue weighted by Gasteiger charge is -2.34. The lowest BCUT2D eigenvalue weighted by molar-refractivity contribution is -0.138. The van der Waals surface area contributed by atoms with Crippen LogP contribution in [0.1, 0.15) is 37.7 Å². The van der Waals surface area contributed by atoms with Gasteiger partial charge in [-0.15, -0.1) is 12.4 Å². The number of amides is 1. The van der Waals surface area contributed by atoms with Gasteiger partial charge in [0.25, 0.3) is 0 Å². The predicted octanol–water partition coefficient (Wildman–Crippen LogP) is 3.27. The maximum absolute atomic E-state index is 12.8.